The molecule has 2 N–H and O–H groups in total. The van der Waals surface area contributed by atoms with E-state index in [4.69, 9.17) is 10.2 Å². The summed E-state index contributed by atoms with van der Waals surface area (Å²) in [6.45, 7) is 2.95. The lowest BCUT2D eigenvalue weighted by Crippen LogP contribution is -3.00. The van der Waals surface area contributed by atoms with Gasteiger partial charge in [-0.3, -0.25) is 0 Å². The molecule has 0 amide bonds. The standard InChI is InChI=1S/C15H23N3O2.2BrH/c19-10-2-6-16-5-1-4-15(12-16)13-18-9-8-17(14-18)7-3-11-20;;/h1,4-5,8-9,12,14,19-20H,2-3,6-7,10-11,13H2;2*1H/q+2;;/p-2. The molecule has 0 fully saturated rings. The third-order valence-electron chi connectivity index (χ3n) is 3.18. The molecule has 7 heteroatoms. The van der Waals surface area contributed by atoms with Gasteiger partial charge < -0.3 is 44.2 Å². The smallest absolute Gasteiger partial charge is 0.244 e. The highest BCUT2D eigenvalue weighted by Crippen LogP contribution is 1.96. The van der Waals surface area contributed by atoms with Crippen LogP contribution >= 0.6 is 0 Å². The summed E-state index contributed by atoms with van der Waals surface area (Å²) < 4.78 is 6.32. The number of hydrogen-bond donors (Lipinski definition) is 2. The molecular formula is C15H23Br2N3O2. The summed E-state index contributed by atoms with van der Waals surface area (Å²) in [7, 11) is 0. The molecule has 0 saturated carbocycles. The van der Waals surface area contributed by atoms with Crippen LogP contribution in [-0.4, -0.2) is 28.0 Å². The van der Waals surface area contributed by atoms with E-state index < -0.39 is 0 Å². The fraction of sp³-hybridized carbons (Fsp3) is 0.467. The third kappa shape index (κ3) is 7.00. The number of nitrogens with zero attached hydrogens (tertiary/aromatic N) is 3. The first kappa shape index (κ1) is 21.2. The largest absolute Gasteiger partial charge is 1.00 e. The molecule has 5 nitrogen and oxygen atoms in total. The Morgan fingerprint density at radius 1 is 1.00 bits per heavy atom. The van der Waals surface area contributed by atoms with Crippen LogP contribution in [0.25, 0.3) is 0 Å². The van der Waals surface area contributed by atoms with Crippen molar-refractivity contribution in [2.24, 2.45) is 0 Å². The predicted octanol–water partition coefficient (Wildman–Crippen LogP) is -6.12. The van der Waals surface area contributed by atoms with Crippen LogP contribution in [0.3, 0.4) is 0 Å². The van der Waals surface area contributed by atoms with E-state index in [2.05, 4.69) is 32.3 Å². The van der Waals surface area contributed by atoms with Gasteiger partial charge in [-0.05, 0) is 6.07 Å². The molecule has 0 aromatic carbocycles. The number of rotatable bonds is 8. The van der Waals surface area contributed by atoms with E-state index in [9.17, 15) is 0 Å². The molecule has 0 aliphatic carbocycles. The van der Waals surface area contributed by atoms with Gasteiger partial charge in [-0.25, -0.2) is 13.7 Å². The van der Waals surface area contributed by atoms with Gasteiger partial charge >= 0.3 is 0 Å². The van der Waals surface area contributed by atoms with Crippen molar-refractivity contribution in [1.82, 2.24) is 4.57 Å². The lowest BCUT2D eigenvalue weighted by molar-refractivity contribution is -0.705. The van der Waals surface area contributed by atoms with Crippen LogP contribution in [-0.2, 0) is 19.6 Å². The zero-order valence-corrected chi connectivity index (χ0v) is 15.7. The number of halogens is 2. The molecule has 124 valence electrons. The zero-order chi connectivity index (χ0) is 14.2. The molecule has 2 aromatic heterocycles. The first-order valence-corrected chi connectivity index (χ1v) is 7.06. The minimum Gasteiger partial charge on any atom is -1.00 e. The average molecular weight is 437 g/mol. The monoisotopic (exact) mass is 435 g/mol. The molecular weight excluding hydrogens is 414 g/mol. The molecule has 0 unspecified atom stereocenters. The quantitative estimate of drug-likeness (QED) is 0.405. The van der Waals surface area contributed by atoms with Crippen molar-refractivity contribution in [3.05, 3.63) is 48.8 Å². The first-order chi connectivity index (χ1) is 9.81. The fourth-order valence-corrected chi connectivity index (χ4v) is 2.19. The molecule has 0 bridgehead atoms. The van der Waals surface area contributed by atoms with Crippen molar-refractivity contribution >= 4 is 0 Å². The normalized spacial score (nSPS) is 9.91. The van der Waals surface area contributed by atoms with Crippen molar-refractivity contribution in [2.75, 3.05) is 13.2 Å². The summed E-state index contributed by atoms with van der Waals surface area (Å²) in [4.78, 5) is 0. The summed E-state index contributed by atoms with van der Waals surface area (Å²) in [6.07, 6.45) is 11.8. The summed E-state index contributed by atoms with van der Waals surface area (Å²) >= 11 is 0. The van der Waals surface area contributed by atoms with Crippen molar-refractivity contribution in [3.8, 4) is 0 Å². The van der Waals surface area contributed by atoms with Crippen LogP contribution in [0.2, 0.25) is 0 Å². The van der Waals surface area contributed by atoms with Crippen molar-refractivity contribution < 1.29 is 53.3 Å². The number of aliphatic hydroxyl groups is 2. The molecule has 2 heterocycles. The van der Waals surface area contributed by atoms with E-state index in [1.165, 1.54) is 5.56 Å². The Morgan fingerprint density at radius 2 is 1.77 bits per heavy atom. The topological polar surface area (TPSA) is 53.2 Å². The summed E-state index contributed by atoms with van der Waals surface area (Å²) in [6, 6.07) is 4.14. The Morgan fingerprint density at radius 3 is 2.50 bits per heavy atom. The number of aryl methyl sites for hydroxylation is 2. The fourth-order valence-electron chi connectivity index (χ4n) is 2.19. The molecule has 0 aliphatic rings. The highest BCUT2D eigenvalue weighted by atomic mass is 79.9. The average Bonchev–Trinajstić information content (AvgIpc) is 2.91. The van der Waals surface area contributed by atoms with Gasteiger partial charge in [0.2, 0.25) is 6.33 Å². The Labute approximate surface area is 152 Å². The van der Waals surface area contributed by atoms with Gasteiger partial charge in [-0.15, -0.1) is 0 Å². The Hall–Kier alpha value is -0.760. The van der Waals surface area contributed by atoms with E-state index in [1.54, 1.807) is 0 Å². The molecule has 0 spiro atoms. The second kappa shape index (κ2) is 11.8. The predicted molar refractivity (Wildman–Crippen MR) is 73.8 cm³/mol. The molecule has 2 rings (SSSR count). The highest BCUT2D eigenvalue weighted by molar-refractivity contribution is 5.03. The molecule has 0 saturated heterocycles. The van der Waals surface area contributed by atoms with Gasteiger partial charge in [0.1, 0.15) is 18.9 Å². The highest BCUT2D eigenvalue weighted by Gasteiger charge is 2.08. The van der Waals surface area contributed by atoms with E-state index in [-0.39, 0.29) is 47.2 Å². The zero-order valence-electron chi connectivity index (χ0n) is 12.5. The lowest BCUT2D eigenvalue weighted by atomic mass is 10.2. The third-order valence-corrected chi connectivity index (χ3v) is 3.18. The van der Waals surface area contributed by atoms with Gasteiger partial charge in [0, 0.05) is 32.1 Å². The molecule has 0 radical (unpaired) electrons. The summed E-state index contributed by atoms with van der Waals surface area (Å²) in [5, 5.41) is 17.7. The van der Waals surface area contributed by atoms with Crippen LogP contribution in [0, 0.1) is 0 Å². The molecule has 0 aliphatic heterocycles. The van der Waals surface area contributed by atoms with Gasteiger partial charge in [-0.2, -0.15) is 0 Å². The SMILES string of the molecule is OCCCn1cc[n+](Cc2ccc[n+](CCCO)c2)c1.[Br-].[Br-]. The van der Waals surface area contributed by atoms with Gasteiger partial charge in [0.25, 0.3) is 0 Å². The number of aromatic nitrogens is 3. The number of aliphatic hydroxyl groups excluding tert-OH is 2. The second-order valence-electron chi connectivity index (χ2n) is 4.93. The van der Waals surface area contributed by atoms with Crippen LogP contribution < -0.4 is 43.1 Å². The summed E-state index contributed by atoms with van der Waals surface area (Å²) in [5.74, 6) is 0. The Kier molecular flexibility index (Phi) is 11.4. The van der Waals surface area contributed by atoms with Gasteiger partial charge in [0.15, 0.2) is 18.9 Å². The van der Waals surface area contributed by atoms with Crippen molar-refractivity contribution in [2.45, 2.75) is 32.5 Å². The Bertz CT molecular complexity index is 535. The summed E-state index contributed by atoms with van der Waals surface area (Å²) in [5.41, 5.74) is 1.23. The van der Waals surface area contributed by atoms with Gasteiger partial charge in [-0.1, -0.05) is 0 Å². The van der Waals surface area contributed by atoms with Crippen LogP contribution in [0.15, 0.2) is 43.2 Å². The minimum atomic E-state index is 0. The molecule has 2 aromatic rings. The van der Waals surface area contributed by atoms with E-state index in [0.717, 1.165) is 32.5 Å². The lowest BCUT2D eigenvalue weighted by Gasteiger charge is -1.99. The van der Waals surface area contributed by atoms with Gasteiger partial charge in [0.05, 0.1) is 12.1 Å². The van der Waals surface area contributed by atoms with E-state index in [0.29, 0.717) is 0 Å². The van der Waals surface area contributed by atoms with E-state index >= 15 is 0 Å². The van der Waals surface area contributed by atoms with Crippen molar-refractivity contribution in [3.63, 3.8) is 0 Å². The maximum atomic E-state index is 8.87. The number of pyridine rings is 1. The second-order valence-corrected chi connectivity index (χ2v) is 4.93. The minimum absolute atomic E-state index is 0. The van der Waals surface area contributed by atoms with Crippen LogP contribution in [0.4, 0.5) is 0 Å². The van der Waals surface area contributed by atoms with Crippen LogP contribution in [0.1, 0.15) is 18.4 Å². The van der Waals surface area contributed by atoms with Crippen molar-refractivity contribution in [1.29, 1.82) is 0 Å². The molecule has 22 heavy (non-hydrogen) atoms. The maximum Gasteiger partial charge on any atom is 0.244 e. The van der Waals surface area contributed by atoms with E-state index in [1.807, 2.05) is 24.7 Å². The number of imidazole rings is 1. The molecule has 0 atom stereocenters. The maximum absolute atomic E-state index is 8.87. The first-order valence-electron chi connectivity index (χ1n) is 7.06. The van der Waals surface area contributed by atoms with Crippen LogP contribution in [0.5, 0.6) is 0 Å². The number of hydrogen-bond acceptors (Lipinski definition) is 2. The Balaban J connectivity index is 0.00000220.